The molecule has 3 unspecified atom stereocenters. The van der Waals surface area contributed by atoms with Crippen molar-refractivity contribution in [2.24, 2.45) is 11.8 Å². The Bertz CT molecular complexity index is 1040. The average molecular weight is 592 g/mol. The molecule has 7 nitrogen and oxygen atoms in total. The Morgan fingerprint density at radius 1 is 1.32 bits per heavy atom. The minimum Gasteiger partial charge on any atom is -0.461 e. The Labute approximate surface area is 231 Å². The van der Waals surface area contributed by atoms with Crippen molar-refractivity contribution in [3.8, 4) is 0 Å². The van der Waals surface area contributed by atoms with E-state index in [-0.39, 0.29) is 35.1 Å². The number of hydrogen-bond donors (Lipinski definition) is 1. The molecule has 2 bridgehead atoms. The maximum Gasteiger partial charge on any atom is 0.311 e. The van der Waals surface area contributed by atoms with Crippen LogP contribution in [-0.2, 0) is 19.1 Å². The van der Waals surface area contributed by atoms with Gasteiger partial charge in [-0.05, 0) is 18.4 Å². The lowest BCUT2D eigenvalue weighted by Gasteiger charge is -2.40. The number of nitrogens with zero attached hydrogens (tertiary/aromatic N) is 2. The van der Waals surface area contributed by atoms with Crippen molar-refractivity contribution in [3.63, 3.8) is 0 Å². The van der Waals surface area contributed by atoms with Gasteiger partial charge in [0.05, 0.1) is 29.2 Å². The van der Waals surface area contributed by atoms with Gasteiger partial charge in [0.25, 0.3) is 0 Å². The lowest BCUT2D eigenvalue weighted by molar-refractivity contribution is -0.153. The van der Waals surface area contributed by atoms with Crippen molar-refractivity contribution < 1.29 is 24.2 Å². The van der Waals surface area contributed by atoms with Gasteiger partial charge >= 0.3 is 5.97 Å². The van der Waals surface area contributed by atoms with Crippen LogP contribution in [0.25, 0.3) is 0 Å². The van der Waals surface area contributed by atoms with E-state index in [0.717, 1.165) is 18.4 Å². The first-order valence-corrected chi connectivity index (χ1v) is 14.6. The first-order valence-electron chi connectivity index (χ1n) is 12.8. The molecule has 3 aliphatic rings. The van der Waals surface area contributed by atoms with Gasteiger partial charge in [-0.25, -0.2) is 0 Å². The summed E-state index contributed by atoms with van der Waals surface area (Å²) in [7, 11) is 0. The van der Waals surface area contributed by atoms with Gasteiger partial charge in [0, 0.05) is 23.2 Å². The molecule has 37 heavy (non-hydrogen) atoms. The molecular formula is C28H35BrN2O5S. The lowest BCUT2D eigenvalue weighted by Crippen LogP contribution is -2.56. The fourth-order valence-electron chi connectivity index (χ4n) is 6.19. The van der Waals surface area contributed by atoms with Crippen LogP contribution in [0.4, 0.5) is 0 Å². The zero-order valence-electron chi connectivity index (χ0n) is 21.1. The van der Waals surface area contributed by atoms with Crippen LogP contribution in [0.1, 0.15) is 37.8 Å². The molecule has 4 rings (SSSR count). The number of hydrogen-bond acceptors (Lipinski definition) is 6. The van der Waals surface area contributed by atoms with Gasteiger partial charge in [0.1, 0.15) is 12.6 Å². The van der Waals surface area contributed by atoms with E-state index in [1.54, 1.807) is 27.6 Å². The molecule has 1 aromatic rings. The maximum atomic E-state index is 14.4. The van der Waals surface area contributed by atoms with E-state index in [0.29, 0.717) is 19.5 Å². The van der Waals surface area contributed by atoms with Crippen molar-refractivity contribution in [2.45, 2.75) is 53.1 Å². The molecule has 0 aromatic heterocycles. The number of alkyl halides is 1. The second kappa shape index (κ2) is 11.7. The molecule has 3 fully saturated rings. The first kappa shape index (κ1) is 27.9. The predicted molar refractivity (Wildman–Crippen MR) is 148 cm³/mol. The van der Waals surface area contributed by atoms with E-state index < -0.39 is 34.6 Å². The summed E-state index contributed by atoms with van der Waals surface area (Å²) >= 11 is 5.32. The number of amides is 2. The van der Waals surface area contributed by atoms with Crippen LogP contribution in [-0.4, -0.2) is 79.9 Å². The number of thioether (sulfide) groups is 1. The highest BCUT2D eigenvalue weighted by atomic mass is 79.9. The van der Waals surface area contributed by atoms with Gasteiger partial charge in [-0.3, -0.25) is 14.4 Å². The van der Waals surface area contributed by atoms with Crippen LogP contribution in [0, 0.1) is 11.8 Å². The quantitative estimate of drug-likeness (QED) is 0.227. The fourth-order valence-corrected chi connectivity index (χ4v) is 9.77. The highest BCUT2D eigenvalue weighted by Gasteiger charge is 2.76. The largest absolute Gasteiger partial charge is 0.461 e. The number of aliphatic hydroxyl groups excluding tert-OH is 1. The minimum absolute atomic E-state index is 0.0501. The normalized spacial score (nSPS) is 30.6. The fraction of sp³-hybridized carbons (Fsp3) is 0.536. The zero-order chi connectivity index (χ0) is 26.7. The smallest absolute Gasteiger partial charge is 0.311 e. The number of fused-ring (bicyclic) bond motifs is 1. The second-order valence-corrected chi connectivity index (χ2v) is 12.6. The SMILES string of the molecule is C=CCOC(=O)[C@H]1[C@@H]2SC3(CC2Br)C(C(=O)N(CC=C)CCCC)N([C@H](CO)c2ccccc2)C(=O)[C@H]13. The molecule has 1 spiro atoms. The standard InChI is InChI=1S/C28H35BrN2O5S/c1-4-7-14-30(13-5-2)26(34)24-28-16-19(29)23(37-28)21(27(35)36-15-6-3)22(28)25(33)31(24)20(17-32)18-11-9-8-10-12-18/h5-6,8-12,19-24,32H,2-4,7,13-17H2,1H3/t19?,20-,21-,22+,23-,24?,28?/m1/s1. The molecule has 1 N–H and O–H groups in total. The Kier molecular flexibility index (Phi) is 8.86. The number of benzene rings is 1. The average Bonchev–Trinajstić information content (AvgIpc) is 3.49. The van der Waals surface area contributed by atoms with Crippen LogP contribution in [0.3, 0.4) is 0 Å². The van der Waals surface area contributed by atoms with Crippen molar-refractivity contribution in [1.29, 1.82) is 0 Å². The molecule has 3 saturated heterocycles. The Morgan fingerprint density at radius 2 is 2.05 bits per heavy atom. The van der Waals surface area contributed by atoms with Crippen molar-refractivity contribution >= 4 is 45.5 Å². The molecule has 0 aliphatic carbocycles. The van der Waals surface area contributed by atoms with Gasteiger partial charge in [0.2, 0.25) is 11.8 Å². The molecule has 200 valence electrons. The molecule has 3 aliphatic heterocycles. The van der Waals surface area contributed by atoms with Crippen LogP contribution in [0.5, 0.6) is 0 Å². The number of unbranched alkanes of at least 4 members (excludes halogenated alkanes) is 1. The summed E-state index contributed by atoms with van der Waals surface area (Å²) in [6.07, 6.45) is 5.52. The number of halogens is 1. The summed E-state index contributed by atoms with van der Waals surface area (Å²) < 4.78 is 4.64. The van der Waals surface area contributed by atoms with Crippen molar-refractivity contribution in [2.75, 3.05) is 26.3 Å². The Hall–Kier alpha value is -2.10. The van der Waals surface area contributed by atoms with Crippen LogP contribution in [0.15, 0.2) is 55.6 Å². The number of carbonyl (C=O) groups excluding carboxylic acids is 3. The highest BCUT2D eigenvalue weighted by molar-refractivity contribution is 9.09. The summed E-state index contributed by atoms with van der Waals surface area (Å²) in [5.41, 5.74) is 0.747. The number of ether oxygens (including phenoxy) is 1. The van der Waals surface area contributed by atoms with E-state index in [1.807, 2.05) is 30.3 Å². The third-order valence-electron chi connectivity index (χ3n) is 7.71. The molecule has 1 aromatic carbocycles. The lowest BCUT2D eigenvalue weighted by atomic mass is 9.71. The molecule has 2 amide bonds. The Balaban J connectivity index is 1.83. The van der Waals surface area contributed by atoms with Crippen molar-refractivity contribution in [1.82, 2.24) is 9.80 Å². The molecule has 3 heterocycles. The van der Waals surface area contributed by atoms with E-state index in [1.165, 1.54) is 6.08 Å². The highest BCUT2D eigenvalue weighted by Crippen LogP contribution is 2.68. The Morgan fingerprint density at radius 3 is 2.68 bits per heavy atom. The summed E-state index contributed by atoms with van der Waals surface area (Å²) in [5, 5.41) is 10.4. The molecule has 0 saturated carbocycles. The molecular weight excluding hydrogens is 556 g/mol. The van der Waals surface area contributed by atoms with E-state index >= 15 is 0 Å². The number of aliphatic hydroxyl groups is 1. The second-order valence-electron chi connectivity index (χ2n) is 9.86. The van der Waals surface area contributed by atoms with Crippen LogP contribution >= 0.6 is 27.7 Å². The minimum atomic E-state index is -0.827. The third kappa shape index (κ3) is 4.79. The summed E-state index contributed by atoms with van der Waals surface area (Å²) in [4.78, 5) is 45.2. The molecule has 0 radical (unpaired) electrons. The predicted octanol–water partition coefficient (Wildman–Crippen LogP) is 3.73. The van der Waals surface area contributed by atoms with E-state index in [4.69, 9.17) is 4.74 Å². The van der Waals surface area contributed by atoms with Gasteiger partial charge in [0.15, 0.2) is 0 Å². The van der Waals surface area contributed by atoms with E-state index in [2.05, 4.69) is 36.0 Å². The first-order chi connectivity index (χ1) is 17.9. The topological polar surface area (TPSA) is 87.2 Å². The summed E-state index contributed by atoms with van der Waals surface area (Å²) in [5.74, 6) is -2.27. The van der Waals surface area contributed by atoms with Crippen LogP contribution in [0.2, 0.25) is 0 Å². The van der Waals surface area contributed by atoms with Gasteiger partial charge in [-0.15, -0.1) is 18.3 Å². The number of likely N-dealkylation sites (tertiary alicyclic amines) is 1. The molecule has 9 heteroatoms. The number of rotatable bonds is 12. The number of esters is 1. The number of carbonyl (C=O) groups is 3. The van der Waals surface area contributed by atoms with Crippen molar-refractivity contribution in [3.05, 3.63) is 61.2 Å². The maximum absolute atomic E-state index is 14.4. The summed E-state index contributed by atoms with van der Waals surface area (Å²) in [6, 6.07) is 7.74. The van der Waals surface area contributed by atoms with Gasteiger partial charge in [-0.1, -0.05) is 78.3 Å². The summed E-state index contributed by atoms with van der Waals surface area (Å²) in [6.45, 7) is 10.2. The van der Waals surface area contributed by atoms with Crippen LogP contribution < -0.4 is 0 Å². The molecule has 7 atom stereocenters. The van der Waals surface area contributed by atoms with E-state index in [9.17, 15) is 19.5 Å². The van der Waals surface area contributed by atoms with Gasteiger partial charge < -0.3 is 19.6 Å². The zero-order valence-corrected chi connectivity index (χ0v) is 23.5. The van der Waals surface area contributed by atoms with Gasteiger partial charge in [-0.2, -0.15) is 0 Å². The third-order valence-corrected chi connectivity index (χ3v) is 10.9. The monoisotopic (exact) mass is 590 g/mol.